The second-order valence-electron chi connectivity index (χ2n) is 6.12. The molecular weight excluding hydrogens is 286 g/mol. The van der Waals surface area contributed by atoms with Crippen molar-refractivity contribution in [3.63, 3.8) is 0 Å². The predicted molar refractivity (Wildman–Crippen MR) is 85.4 cm³/mol. The summed E-state index contributed by atoms with van der Waals surface area (Å²) in [5.41, 5.74) is 1.23. The molecule has 0 bridgehead atoms. The second kappa shape index (κ2) is 6.79. The van der Waals surface area contributed by atoms with E-state index in [0.717, 1.165) is 38.3 Å². The van der Waals surface area contributed by atoms with Gasteiger partial charge in [0.2, 0.25) is 0 Å². The summed E-state index contributed by atoms with van der Waals surface area (Å²) in [7, 11) is -3.12. The van der Waals surface area contributed by atoms with Gasteiger partial charge in [-0.2, -0.15) is 0 Å². The third-order valence-electron chi connectivity index (χ3n) is 4.11. The molecule has 5 heteroatoms. The maximum Gasteiger partial charge on any atom is 0.178 e. The van der Waals surface area contributed by atoms with Gasteiger partial charge in [-0.1, -0.05) is 13.8 Å². The van der Waals surface area contributed by atoms with Crippen LogP contribution in [-0.4, -0.2) is 33.9 Å². The Morgan fingerprint density at radius 1 is 1.19 bits per heavy atom. The van der Waals surface area contributed by atoms with Gasteiger partial charge in [0.1, 0.15) is 0 Å². The molecular formula is C16H25NO3S. The van der Waals surface area contributed by atoms with Gasteiger partial charge < -0.3 is 10.1 Å². The Hall–Kier alpha value is -1.07. The average molecular weight is 311 g/mol. The van der Waals surface area contributed by atoms with E-state index in [1.165, 1.54) is 0 Å². The van der Waals surface area contributed by atoms with E-state index in [1.807, 2.05) is 19.1 Å². The zero-order chi connectivity index (χ0) is 15.3. The maximum atomic E-state index is 12.0. The van der Waals surface area contributed by atoms with E-state index < -0.39 is 9.84 Å². The first-order valence-corrected chi connectivity index (χ1v) is 9.25. The predicted octanol–water partition coefficient (Wildman–Crippen LogP) is 3.10. The Morgan fingerprint density at radius 2 is 1.81 bits per heavy atom. The molecule has 1 N–H and O–H groups in total. The van der Waals surface area contributed by atoms with Crippen LogP contribution in [0.4, 0.5) is 5.69 Å². The largest absolute Gasteiger partial charge is 0.384 e. The van der Waals surface area contributed by atoms with Crippen LogP contribution in [0.5, 0.6) is 0 Å². The lowest BCUT2D eigenvalue weighted by Gasteiger charge is -2.33. The highest BCUT2D eigenvalue weighted by Gasteiger charge is 2.26. The van der Waals surface area contributed by atoms with Gasteiger partial charge in [-0.05, 0) is 48.9 Å². The number of hydrogen-bond donors (Lipinski definition) is 1. The fourth-order valence-electron chi connectivity index (χ4n) is 2.52. The van der Waals surface area contributed by atoms with Crippen molar-refractivity contribution >= 4 is 15.5 Å². The average Bonchev–Trinajstić information content (AvgIpc) is 2.46. The van der Waals surface area contributed by atoms with Crippen molar-refractivity contribution in [2.75, 3.05) is 30.8 Å². The summed E-state index contributed by atoms with van der Waals surface area (Å²) in [6.07, 6.45) is 2.76. The molecule has 118 valence electrons. The smallest absolute Gasteiger partial charge is 0.178 e. The molecule has 1 aliphatic heterocycles. The third kappa shape index (κ3) is 4.45. The molecule has 4 nitrogen and oxygen atoms in total. The van der Waals surface area contributed by atoms with Crippen molar-refractivity contribution in [2.45, 2.75) is 38.0 Å². The fraction of sp³-hybridized carbons (Fsp3) is 0.625. The summed E-state index contributed by atoms with van der Waals surface area (Å²) in [6.45, 7) is 6.68. The number of benzene rings is 1. The van der Waals surface area contributed by atoms with E-state index in [4.69, 9.17) is 4.74 Å². The Bertz CT molecular complexity index is 545. The van der Waals surface area contributed by atoms with Crippen LogP contribution in [0.15, 0.2) is 29.2 Å². The second-order valence-corrected chi connectivity index (χ2v) is 8.23. The van der Waals surface area contributed by atoms with Crippen LogP contribution in [0.1, 0.15) is 33.1 Å². The maximum absolute atomic E-state index is 12.0. The lowest BCUT2D eigenvalue weighted by atomic mass is 9.82. The molecule has 0 radical (unpaired) electrons. The number of nitrogens with one attached hydrogen (secondary N) is 1. The molecule has 0 aliphatic carbocycles. The highest BCUT2D eigenvalue weighted by molar-refractivity contribution is 7.91. The van der Waals surface area contributed by atoms with Gasteiger partial charge in [-0.25, -0.2) is 8.42 Å². The van der Waals surface area contributed by atoms with Crippen LogP contribution in [0.3, 0.4) is 0 Å². The van der Waals surface area contributed by atoms with E-state index in [9.17, 15) is 8.42 Å². The molecule has 0 saturated carbocycles. The molecule has 0 unspecified atom stereocenters. The van der Waals surface area contributed by atoms with Crippen molar-refractivity contribution in [3.05, 3.63) is 24.3 Å². The van der Waals surface area contributed by atoms with E-state index in [0.29, 0.717) is 11.3 Å². The summed E-state index contributed by atoms with van der Waals surface area (Å²) in [6, 6.07) is 7.09. The monoisotopic (exact) mass is 311 g/mol. The Balaban J connectivity index is 1.96. The van der Waals surface area contributed by atoms with Crippen LogP contribution < -0.4 is 5.32 Å². The Labute approximate surface area is 127 Å². The minimum absolute atomic E-state index is 0.206. The van der Waals surface area contributed by atoms with Gasteiger partial charge in [0.25, 0.3) is 0 Å². The van der Waals surface area contributed by atoms with E-state index in [-0.39, 0.29) is 11.2 Å². The first-order valence-electron chi connectivity index (χ1n) is 7.60. The molecule has 21 heavy (non-hydrogen) atoms. The first-order chi connectivity index (χ1) is 9.95. The van der Waals surface area contributed by atoms with E-state index in [1.54, 1.807) is 12.1 Å². The number of sulfone groups is 1. The van der Waals surface area contributed by atoms with Crippen LogP contribution in [0, 0.1) is 5.41 Å². The van der Waals surface area contributed by atoms with Crippen LogP contribution >= 0.6 is 0 Å². The molecule has 0 atom stereocenters. The van der Waals surface area contributed by atoms with Gasteiger partial charge in [-0.15, -0.1) is 0 Å². The third-order valence-corrected chi connectivity index (χ3v) is 6.04. The van der Waals surface area contributed by atoms with Crippen molar-refractivity contribution < 1.29 is 13.2 Å². The normalized spacial score (nSPS) is 18.4. The summed E-state index contributed by atoms with van der Waals surface area (Å²) in [4.78, 5) is 0.409. The molecule has 0 amide bonds. The zero-order valence-corrected chi connectivity index (χ0v) is 13.7. The highest BCUT2D eigenvalue weighted by Crippen LogP contribution is 2.30. The quantitative estimate of drug-likeness (QED) is 0.877. The SMILES string of the molecule is CCCS(=O)(=O)c1ccc(NCC2(C)CCOCC2)cc1. The van der Waals surface area contributed by atoms with Gasteiger partial charge in [0.05, 0.1) is 10.6 Å². The first kappa shape index (κ1) is 16.3. The molecule has 2 rings (SSSR count). The number of hydrogen-bond acceptors (Lipinski definition) is 4. The molecule has 1 aliphatic rings. The van der Waals surface area contributed by atoms with Crippen molar-refractivity contribution in [1.29, 1.82) is 0 Å². The summed E-state index contributed by atoms with van der Waals surface area (Å²) >= 11 is 0. The van der Waals surface area contributed by atoms with Gasteiger partial charge >= 0.3 is 0 Å². The van der Waals surface area contributed by atoms with Crippen LogP contribution in [0.2, 0.25) is 0 Å². The Kier molecular flexibility index (Phi) is 5.27. The number of ether oxygens (including phenoxy) is 1. The molecule has 1 saturated heterocycles. The highest BCUT2D eigenvalue weighted by atomic mass is 32.2. The van der Waals surface area contributed by atoms with Crippen LogP contribution in [-0.2, 0) is 14.6 Å². The van der Waals surface area contributed by atoms with Gasteiger partial charge in [-0.3, -0.25) is 0 Å². The van der Waals surface area contributed by atoms with Crippen LogP contribution in [0.25, 0.3) is 0 Å². The summed E-state index contributed by atoms with van der Waals surface area (Å²) in [5.74, 6) is 0.206. The lowest BCUT2D eigenvalue weighted by molar-refractivity contribution is 0.0300. The molecule has 0 spiro atoms. The Morgan fingerprint density at radius 3 is 2.38 bits per heavy atom. The van der Waals surface area contributed by atoms with Crippen molar-refractivity contribution in [3.8, 4) is 0 Å². The molecule has 1 aromatic carbocycles. The molecule has 0 aromatic heterocycles. The van der Waals surface area contributed by atoms with Gasteiger partial charge in [0.15, 0.2) is 9.84 Å². The van der Waals surface area contributed by atoms with E-state index in [2.05, 4.69) is 12.2 Å². The minimum Gasteiger partial charge on any atom is -0.384 e. The molecule has 1 aromatic rings. The summed E-state index contributed by atoms with van der Waals surface area (Å²) < 4.78 is 29.3. The summed E-state index contributed by atoms with van der Waals surface area (Å²) in [5, 5.41) is 3.42. The van der Waals surface area contributed by atoms with Crippen molar-refractivity contribution in [1.82, 2.24) is 0 Å². The molecule has 1 fully saturated rings. The number of anilines is 1. The van der Waals surface area contributed by atoms with Crippen molar-refractivity contribution in [2.24, 2.45) is 5.41 Å². The lowest BCUT2D eigenvalue weighted by Crippen LogP contribution is -2.33. The minimum atomic E-state index is -3.12. The standard InChI is InChI=1S/C16H25NO3S/c1-3-12-21(18,19)15-6-4-14(5-7-15)17-13-16(2)8-10-20-11-9-16/h4-7,17H,3,8-13H2,1-2H3. The molecule has 1 heterocycles. The van der Waals surface area contributed by atoms with Gasteiger partial charge in [0, 0.05) is 25.4 Å². The number of rotatable bonds is 6. The topological polar surface area (TPSA) is 55.4 Å². The fourth-order valence-corrected chi connectivity index (χ4v) is 3.85. The van der Waals surface area contributed by atoms with E-state index >= 15 is 0 Å². The zero-order valence-electron chi connectivity index (χ0n) is 12.9.